The summed E-state index contributed by atoms with van der Waals surface area (Å²) in [6.07, 6.45) is 2.01. The smallest absolute Gasteiger partial charge is 0.407 e. The molecule has 0 atom stereocenters. The molecule has 1 aliphatic rings. The van der Waals surface area contributed by atoms with Gasteiger partial charge in [-0.25, -0.2) is 13.2 Å². The van der Waals surface area contributed by atoms with Gasteiger partial charge in [-0.1, -0.05) is 17.7 Å². The van der Waals surface area contributed by atoms with E-state index >= 15 is 0 Å². The van der Waals surface area contributed by atoms with Crippen molar-refractivity contribution in [2.24, 2.45) is 5.92 Å². The Morgan fingerprint density at radius 2 is 1.59 bits per heavy atom. The van der Waals surface area contributed by atoms with Crippen LogP contribution in [-0.2, 0) is 26.9 Å². The van der Waals surface area contributed by atoms with Crippen LogP contribution in [0.2, 0.25) is 0 Å². The van der Waals surface area contributed by atoms with Crippen LogP contribution >= 0.6 is 0 Å². The molecule has 0 saturated heterocycles. The molecule has 1 aromatic rings. The molecule has 1 amide bonds. The summed E-state index contributed by atoms with van der Waals surface area (Å²) in [5.74, 6) is -0.102. The van der Waals surface area contributed by atoms with Crippen LogP contribution in [0, 0.1) is 12.8 Å². The second kappa shape index (κ2) is 9.01. The van der Waals surface area contributed by atoms with Crippen LogP contribution in [0.25, 0.3) is 0 Å². The zero-order valence-electron chi connectivity index (χ0n) is 17.2. The highest BCUT2D eigenvalue weighted by atomic mass is 33.2. The van der Waals surface area contributed by atoms with Gasteiger partial charge in [0.25, 0.3) is 0 Å². The molecule has 164 valence electrons. The third-order valence-electron chi connectivity index (χ3n) is 4.59. The summed E-state index contributed by atoms with van der Waals surface area (Å²) in [5.41, 5.74) is 0.242. The normalized spacial score (nSPS) is 20.8. The lowest BCUT2D eigenvalue weighted by atomic mass is 9.87. The Morgan fingerprint density at radius 1 is 1.03 bits per heavy atom. The Labute approximate surface area is 172 Å². The lowest BCUT2D eigenvalue weighted by Gasteiger charge is -2.29. The van der Waals surface area contributed by atoms with Gasteiger partial charge in [0.05, 0.1) is 11.5 Å². The molecule has 1 fully saturated rings. The Bertz CT molecular complexity index is 908. The second-order valence-corrected chi connectivity index (χ2v) is 13.3. The van der Waals surface area contributed by atoms with Crippen LogP contribution in [0.4, 0.5) is 4.79 Å². The number of aryl methyl sites for hydroxylation is 1. The molecule has 0 unspecified atom stereocenters. The number of benzene rings is 1. The third-order valence-corrected chi connectivity index (χ3v) is 8.88. The maximum absolute atomic E-state index is 12.4. The fourth-order valence-electron chi connectivity index (χ4n) is 3.01. The van der Waals surface area contributed by atoms with E-state index in [9.17, 15) is 21.6 Å². The highest BCUT2D eigenvalue weighted by molar-refractivity contribution is 8.65. The van der Waals surface area contributed by atoms with Gasteiger partial charge in [-0.15, -0.1) is 0 Å². The highest BCUT2D eigenvalue weighted by Gasteiger charge is 2.34. The molecule has 2 rings (SSSR count). The molecule has 0 radical (unpaired) electrons. The molecular formula is C19H29NO7S2. The predicted octanol–water partition coefficient (Wildman–Crippen LogP) is 3.11. The van der Waals surface area contributed by atoms with Gasteiger partial charge in [0, 0.05) is 6.04 Å². The first-order chi connectivity index (χ1) is 13.3. The first-order valence-corrected chi connectivity index (χ1v) is 12.9. The molecule has 1 aliphatic carbocycles. The van der Waals surface area contributed by atoms with E-state index in [-0.39, 0.29) is 23.5 Å². The van der Waals surface area contributed by atoms with Gasteiger partial charge < -0.3 is 10.1 Å². The number of carbonyl (C=O) groups is 1. The molecule has 0 aliphatic heterocycles. The number of hydrogen-bond acceptors (Lipinski definition) is 7. The maximum Gasteiger partial charge on any atom is 0.407 e. The minimum absolute atomic E-state index is 0.0611. The van der Waals surface area contributed by atoms with Crippen molar-refractivity contribution in [3.8, 4) is 0 Å². The Balaban J connectivity index is 1.86. The van der Waals surface area contributed by atoms with E-state index in [0.717, 1.165) is 5.56 Å². The standard InChI is InChI=1S/C19H29NO7S2/c1-14-5-11-17(12-6-14)28(22,23)29(24,25)26-13-15-7-9-16(10-8-15)20-18(21)27-19(2,3)4/h5-6,11-12,15-16H,7-10,13H2,1-4H3,(H,20,21). The van der Waals surface area contributed by atoms with Crippen molar-refractivity contribution in [2.45, 2.75) is 69.9 Å². The van der Waals surface area contributed by atoms with E-state index in [1.165, 1.54) is 24.3 Å². The van der Waals surface area contributed by atoms with Gasteiger partial charge in [0.15, 0.2) is 0 Å². The summed E-state index contributed by atoms with van der Waals surface area (Å²) >= 11 is 0. The van der Waals surface area contributed by atoms with Crippen LogP contribution in [-0.4, -0.2) is 41.2 Å². The lowest BCUT2D eigenvalue weighted by Crippen LogP contribution is -2.41. The minimum Gasteiger partial charge on any atom is -0.444 e. The van der Waals surface area contributed by atoms with Crippen molar-refractivity contribution < 1.29 is 30.6 Å². The average molecular weight is 448 g/mol. The Morgan fingerprint density at radius 3 is 2.10 bits per heavy atom. The van der Waals surface area contributed by atoms with Gasteiger partial charge >= 0.3 is 24.1 Å². The van der Waals surface area contributed by atoms with E-state index in [0.29, 0.717) is 25.7 Å². The average Bonchev–Trinajstić information content (AvgIpc) is 2.60. The maximum atomic E-state index is 12.4. The van der Waals surface area contributed by atoms with Crippen molar-refractivity contribution >= 4 is 24.1 Å². The molecule has 1 aromatic carbocycles. The summed E-state index contributed by atoms with van der Waals surface area (Å²) in [7, 11) is -9.42. The van der Waals surface area contributed by atoms with E-state index in [1.807, 2.05) is 0 Å². The van der Waals surface area contributed by atoms with E-state index in [1.54, 1.807) is 27.7 Å². The van der Waals surface area contributed by atoms with Gasteiger partial charge in [-0.3, -0.25) is 4.18 Å². The lowest BCUT2D eigenvalue weighted by molar-refractivity contribution is 0.0484. The molecule has 1 N–H and O–H groups in total. The molecule has 29 heavy (non-hydrogen) atoms. The minimum atomic E-state index is -4.80. The van der Waals surface area contributed by atoms with Crippen LogP contribution in [0.15, 0.2) is 29.2 Å². The van der Waals surface area contributed by atoms with E-state index in [4.69, 9.17) is 8.92 Å². The monoisotopic (exact) mass is 447 g/mol. The molecule has 10 heteroatoms. The van der Waals surface area contributed by atoms with Crippen molar-refractivity contribution in [1.29, 1.82) is 0 Å². The first-order valence-electron chi connectivity index (χ1n) is 9.51. The molecule has 0 aromatic heterocycles. The molecule has 0 spiro atoms. The number of amides is 1. The van der Waals surface area contributed by atoms with Crippen LogP contribution in [0.5, 0.6) is 0 Å². The fourth-order valence-corrected chi connectivity index (χ4v) is 5.79. The molecular weight excluding hydrogens is 418 g/mol. The summed E-state index contributed by atoms with van der Waals surface area (Å²) in [5, 5.41) is 2.80. The third kappa shape index (κ3) is 6.68. The quantitative estimate of drug-likeness (QED) is 0.666. The first kappa shape index (κ1) is 23.6. The van der Waals surface area contributed by atoms with Gasteiger partial charge in [0.2, 0.25) is 0 Å². The number of alkyl carbamates (subject to hydrolysis) is 1. The van der Waals surface area contributed by atoms with Crippen molar-refractivity contribution in [3.63, 3.8) is 0 Å². The summed E-state index contributed by atoms with van der Waals surface area (Å²) in [6.45, 7) is 6.92. The Hall–Kier alpha value is -1.65. The number of hydrogen-bond donors (Lipinski definition) is 1. The Kier molecular flexibility index (Phi) is 7.34. The largest absolute Gasteiger partial charge is 0.444 e. The summed E-state index contributed by atoms with van der Waals surface area (Å²) in [4.78, 5) is 11.5. The zero-order valence-corrected chi connectivity index (χ0v) is 18.8. The van der Waals surface area contributed by atoms with Crippen molar-refractivity contribution in [3.05, 3.63) is 29.8 Å². The van der Waals surface area contributed by atoms with Crippen molar-refractivity contribution in [1.82, 2.24) is 5.32 Å². The number of rotatable bonds is 6. The molecule has 0 bridgehead atoms. The number of ether oxygens (including phenoxy) is 1. The SMILES string of the molecule is Cc1ccc(S(=O)(=O)S(=O)(=O)OCC2CCC(NC(=O)OC(C)(C)C)CC2)cc1. The number of nitrogens with one attached hydrogen (secondary N) is 1. The number of carbonyl (C=O) groups excluding carboxylic acids is 1. The second-order valence-electron chi connectivity index (χ2n) is 8.32. The predicted molar refractivity (Wildman–Crippen MR) is 108 cm³/mol. The zero-order chi connectivity index (χ0) is 21.9. The van der Waals surface area contributed by atoms with Crippen molar-refractivity contribution in [2.75, 3.05) is 6.61 Å². The molecule has 8 nitrogen and oxygen atoms in total. The fraction of sp³-hybridized carbons (Fsp3) is 0.632. The summed E-state index contributed by atoms with van der Waals surface area (Å²) < 4.78 is 59.3. The molecule has 1 saturated carbocycles. The van der Waals surface area contributed by atoms with Crippen LogP contribution in [0.3, 0.4) is 0 Å². The van der Waals surface area contributed by atoms with Gasteiger partial charge in [-0.2, -0.15) is 8.42 Å². The van der Waals surface area contributed by atoms with Gasteiger partial charge in [0.1, 0.15) is 5.60 Å². The summed E-state index contributed by atoms with van der Waals surface area (Å²) in [6, 6.07) is 5.50. The van der Waals surface area contributed by atoms with Crippen LogP contribution in [0.1, 0.15) is 52.0 Å². The van der Waals surface area contributed by atoms with E-state index in [2.05, 4.69) is 5.32 Å². The highest BCUT2D eigenvalue weighted by Crippen LogP contribution is 2.27. The van der Waals surface area contributed by atoms with Gasteiger partial charge in [-0.05, 0) is 71.4 Å². The molecule has 0 heterocycles. The topological polar surface area (TPSA) is 116 Å². The van der Waals surface area contributed by atoms with Crippen LogP contribution < -0.4 is 5.32 Å². The van der Waals surface area contributed by atoms with E-state index < -0.39 is 29.7 Å².